The molecule has 1 aliphatic carbocycles. The zero-order valence-corrected chi connectivity index (χ0v) is 13.3. The summed E-state index contributed by atoms with van der Waals surface area (Å²) in [6.07, 6.45) is 2.22. The van der Waals surface area contributed by atoms with Crippen molar-refractivity contribution >= 4 is 38.9 Å². The lowest BCUT2D eigenvalue weighted by molar-refractivity contribution is 0.0951. The number of rotatable bonds is 5. The third-order valence-corrected chi connectivity index (χ3v) is 4.71. The van der Waals surface area contributed by atoms with Crippen molar-refractivity contribution in [2.24, 2.45) is 0 Å². The first-order valence-corrected chi connectivity index (χ1v) is 8.26. The maximum absolute atomic E-state index is 12.0. The van der Waals surface area contributed by atoms with Gasteiger partial charge in [0, 0.05) is 23.8 Å². The maximum atomic E-state index is 12.0. The molecule has 0 radical (unpaired) electrons. The molecule has 0 unspecified atom stereocenters. The maximum Gasteiger partial charge on any atom is 0.251 e. The van der Waals surface area contributed by atoms with Gasteiger partial charge in [-0.2, -0.15) is 0 Å². The van der Waals surface area contributed by atoms with E-state index in [1.807, 2.05) is 24.3 Å². The molecule has 1 aliphatic rings. The largest absolute Gasteiger partial charge is 0.381 e. The SMILES string of the molecule is O=C(NC1CC1)c1cccc(NCc2csc(Br)c2)c1. The summed E-state index contributed by atoms with van der Waals surface area (Å²) in [4.78, 5) is 12.0. The molecule has 2 aromatic rings. The van der Waals surface area contributed by atoms with E-state index in [1.165, 1.54) is 5.56 Å². The average molecular weight is 351 g/mol. The first-order chi connectivity index (χ1) is 9.70. The molecular formula is C15H15BrN2OS. The highest BCUT2D eigenvalue weighted by Gasteiger charge is 2.23. The molecule has 0 spiro atoms. The van der Waals surface area contributed by atoms with Crippen LogP contribution in [0.15, 0.2) is 39.5 Å². The molecule has 0 saturated heterocycles. The molecule has 0 atom stereocenters. The molecule has 1 fully saturated rings. The Morgan fingerprint density at radius 3 is 2.90 bits per heavy atom. The Kier molecular flexibility index (Phi) is 4.08. The van der Waals surface area contributed by atoms with Crippen LogP contribution in [0.3, 0.4) is 0 Å². The number of hydrogen-bond acceptors (Lipinski definition) is 3. The average Bonchev–Trinajstić information content (AvgIpc) is 3.17. The molecular weight excluding hydrogens is 336 g/mol. The number of carbonyl (C=O) groups is 1. The molecule has 1 aromatic heterocycles. The van der Waals surface area contributed by atoms with Crippen molar-refractivity contribution in [2.45, 2.75) is 25.4 Å². The van der Waals surface area contributed by atoms with Crippen LogP contribution in [0.4, 0.5) is 5.69 Å². The summed E-state index contributed by atoms with van der Waals surface area (Å²) in [5.74, 6) is 0.0226. The van der Waals surface area contributed by atoms with Gasteiger partial charge in [-0.3, -0.25) is 4.79 Å². The minimum atomic E-state index is 0.0226. The van der Waals surface area contributed by atoms with Crippen LogP contribution in [0, 0.1) is 0 Å². The zero-order chi connectivity index (χ0) is 13.9. The predicted octanol–water partition coefficient (Wildman–Crippen LogP) is 4.01. The summed E-state index contributed by atoms with van der Waals surface area (Å²) >= 11 is 5.13. The smallest absolute Gasteiger partial charge is 0.251 e. The summed E-state index contributed by atoms with van der Waals surface area (Å²) in [5, 5.41) is 8.46. The van der Waals surface area contributed by atoms with E-state index in [0.29, 0.717) is 11.6 Å². The summed E-state index contributed by atoms with van der Waals surface area (Å²) in [6.45, 7) is 0.760. The molecule has 20 heavy (non-hydrogen) atoms. The number of carbonyl (C=O) groups excluding carboxylic acids is 1. The van der Waals surface area contributed by atoms with Crippen molar-refractivity contribution in [3.05, 3.63) is 50.6 Å². The van der Waals surface area contributed by atoms with Gasteiger partial charge in [0.1, 0.15) is 0 Å². The first-order valence-electron chi connectivity index (χ1n) is 6.58. The highest BCUT2D eigenvalue weighted by Crippen LogP contribution is 2.22. The van der Waals surface area contributed by atoms with Crippen molar-refractivity contribution in [1.82, 2.24) is 5.32 Å². The fourth-order valence-electron chi connectivity index (χ4n) is 1.91. The van der Waals surface area contributed by atoms with Gasteiger partial charge in [0.2, 0.25) is 0 Å². The van der Waals surface area contributed by atoms with Gasteiger partial charge in [0.25, 0.3) is 5.91 Å². The van der Waals surface area contributed by atoms with Gasteiger partial charge in [0.15, 0.2) is 0 Å². The van der Waals surface area contributed by atoms with Crippen molar-refractivity contribution in [2.75, 3.05) is 5.32 Å². The van der Waals surface area contributed by atoms with Gasteiger partial charge in [0.05, 0.1) is 3.79 Å². The van der Waals surface area contributed by atoms with E-state index in [2.05, 4.69) is 38.0 Å². The number of benzene rings is 1. The number of nitrogens with one attached hydrogen (secondary N) is 2. The van der Waals surface area contributed by atoms with E-state index in [-0.39, 0.29) is 5.91 Å². The summed E-state index contributed by atoms with van der Waals surface area (Å²) in [5.41, 5.74) is 2.92. The quantitative estimate of drug-likeness (QED) is 0.855. The number of anilines is 1. The van der Waals surface area contributed by atoms with Crippen LogP contribution in [-0.2, 0) is 6.54 Å². The highest BCUT2D eigenvalue weighted by atomic mass is 79.9. The van der Waals surface area contributed by atoms with E-state index in [9.17, 15) is 4.79 Å². The van der Waals surface area contributed by atoms with Crippen molar-refractivity contribution in [3.63, 3.8) is 0 Å². The van der Waals surface area contributed by atoms with Gasteiger partial charge in [-0.05, 0) is 64.0 Å². The molecule has 1 heterocycles. The molecule has 3 nitrogen and oxygen atoms in total. The second-order valence-electron chi connectivity index (χ2n) is 4.94. The van der Waals surface area contributed by atoms with E-state index in [1.54, 1.807) is 11.3 Å². The lowest BCUT2D eigenvalue weighted by atomic mass is 10.2. The van der Waals surface area contributed by atoms with Crippen molar-refractivity contribution in [3.8, 4) is 0 Å². The third-order valence-electron chi connectivity index (χ3n) is 3.16. The van der Waals surface area contributed by atoms with Gasteiger partial charge in [-0.1, -0.05) is 6.07 Å². The second-order valence-corrected chi connectivity index (χ2v) is 7.23. The van der Waals surface area contributed by atoms with Crippen molar-refractivity contribution in [1.29, 1.82) is 0 Å². The van der Waals surface area contributed by atoms with Crippen molar-refractivity contribution < 1.29 is 4.79 Å². The van der Waals surface area contributed by atoms with E-state index < -0.39 is 0 Å². The standard InChI is InChI=1S/C15H15BrN2OS/c16-14-6-10(9-20-14)8-17-13-3-1-2-11(7-13)15(19)18-12-4-5-12/h1-3,6-7,9,12,17H,4-5,8H2,(H,18,19). The minimum Gasteiger partial charge on any atom is -0.381 e. The summed E-state index contributed by atoms with van der Waals surface area (Å²) in [6, 6.07) is 10.1. The van der Waals surface area contributed by atoms with Crippen LogP contribution < -0.4 is 10.6 Å². The Morgan fingerprint density at radius 1 is 1.35 bits per heavy atom. The molecule has 3 rings (SSSR count). The third kappa shape index (κ3) is 3.61. The predicted molar refractivity (Wildman–Crippen MR) is 86.3 cm³/mol. The van der Waals surface area contributed by atoms with Crippen LogP contribution in [0.25, 0.3) is 0 Å². The molecule has 0 bridgehead atoms. The van der Waals surface area contributed by atoms with Crippen LogP contribution in [-0.4, -0.2) is 11.9 Å². The van der Waals surface area contributed by atoms with Crippen LogP contribution in [0.5, 0.6) is 0 Å². The van der Waals surface area contributed by atoms with Crippen LogP contribution in [0.1, 0.15) is 28.8 Å². The zero-order valence-electron chi connectivity index (χ0n) is 10.9. The summed E-state index contributed by atoms with van der Waals surface area (Å²) in [7, 11) is 0. The Balaban J connectivity index is 1.62. The fraction of sp³-hybridized carbons (Fsp3) is 0.267. The van der Waals surface area contributed by atoms with Crippen LogP contribution >= 0.6 is 27.3 Å². The van der Waals surface area contributed by atoms with Gasteiger partial charge in [-0.25, -0.2) is 0 Å². The number of amides is 1. The number of thiophene rings is 1. The normalized spacial score (nSPS) is 14.1. The first kappa shape index (κ1) is 13.6. The minimum absolute atomic E-state index is 0.0226. The molecule has 1 aromatic carbocycles. The lowest BCUT2D eigenvalue weighted by Crippen LogP contribution is -2.25. The lowest BCUT2D eigenvalue weighted by Gasteiger charge is -2.08. The molecule has 1 saturated carbocycles. The van der Waals surface area contributed by atoms with Gasteiger partial charge < -0.3 is 10.6 Å². The van der Waals surface area contributed by atoms with Crippen LogP contribution in [0.2, 0.25) is 0 Å². The summed E-state index contributed by atoms with van der Waals surface area (Å²) < 4.78 is 1.13. The van der Waals surface area contributed by atoms with E-state index in [0.717, 1.165) is 28.9 Å². The Labute approximate surface area is 130 Å². The monoisotopic (exact) mass is 350 g/mol. The Morgan fingerprint density at radius 2 is 2.20 bits per heavy atom. The second kappa shape index (κ2) is 5.97. The molecule has 5 heteroatoms. The van der Waals surface area contributed by atoms with Gasteiger partial charge in [-0.15, -0.1) is 11.3 Å². The van der Waals surface area contributed by atoms with E-state index >= 15 is 0 Å². The topological polar surface area (TPSA) is 41.1 Å². The van der Waals surface area contributed by atoms with E-state index in [4.69, 9.17) is 0 Å². The molecule has 104 valence electrons. The number of halogens is 1. The fourth-order valence-corrected chi connectivity index (χ4v) is 3.12. The number of hydrogen-bond donors (Lipinski definition) is 2. The molecule has 2 N–H and O–H groups in total. The highest BCUT2D eigenvalue weighted by molar-refractivity contribution is 9.11. The Bertz CT molecular complexity index is 622. The Hall–Kier alpha value is -1.33. The van der Waals surface area contributed by atoms with Gasteiger partial charge >= 0.3 is 0 Å². The molecule has 1 amide bonds. The molecule has 0 aliphatic heterocycles.